The minimum Gasteiger partial charge on any atom is -0.480 e. The van der Waals surface area contributed by atoms with Gasteiger partial charge >= 0.3 is 5.97 Å². The van der Waals surface area contributed by atoms with Crippen molar-refractivity contribution in [2.45, 2.75) is 26.3 Å². The summed E-state index contributed by atoms with van der Waals surface area (Å²) in [5.74, 6) is -0.895. The standard InChI is InChI=1S/C7H11N3O2S/c1-3-5-9-10-7(13-5)8-4(2)6(11)12/h4H,3H2,1-2H3,(H,8,10)(H,11,12). The number of carboxylic acid groups (broad SMARTS) is 1. The van der Waals surface area contributed by atoms with Crippen molar-refractivity contribution in [3.05, 3.63) is 5.01 Å². The number of aromatic nitrogens is 2. The molecule has 0 aliphatic carbocycles. The van der Waals surface area contributed by atoms with Crippen LogP contribution in [0.5, 0.6) is 0 Å². The van der Waals surface area contributed by atoms with E-state index >= 15 is 0 Å². The summed E-state index contributed by atoms with van der Waals surface area (Å²) in [7, 11) is 0. The summed E-state index contributed by atoms with van der Waals surface area (Å²) >= 11 is 1.38. The number of hydrogen-bond donors (Lipinski definition) is 2. The van der Waals surface area contributed by atoms with Gasteiger partial charge in [0.05, 0.1) is 0 Å². The van der Waals surface area contributed by atoms with Crippen molar-refractivity contribution in [2.75, 3.05) is 5.32 Å². The number of nitrogens with zero attached hydrogens (tertiary/aromatic N) is 2. The van der Waals surface area contributed by atoms with Gasteiger partial charge in [0.1, 0.15) is 11.0 Å². The van der Waals surface area contributed by atoms with Crippen LogP contribution in [-0.4, -0.2) is 27.3 Å². The molecular formula is C7H11N3O2S. The van der Waals surface area contributed by atoms with Crippen molar-refractivity contribution in [3.8, 4) is 0 Å². The van der Waals surface area contributed by atoms with E-state index in [1.165, 1.54) is 11.3 Å². The molecule has 1 heterocycles. The first kappa shape index (κ1) is 9.91. The number of carbonyl (C=O) groups is 1. The summed E-state index contributed by atoms with van der Waals surface area (Å²) < 4.78 is 0. The Morgan fingerprint density at radius 1 is 1.69 bits per heavy atom. The lowest BCUT2D eigenvalue weighted by Gasteiger charge is -2.05. The van der Waals surface area contributed by atoms with E-state index in [-0.39, 0.29) is 0 Å². The third-order valence-electron chi connectivity index (χ3n) is 1.48. The van der Waals surface area contributed by atoms with Gasteiger partial charge in [0.2, 0.25) is 5.13 Å². The fraction of sp³-hybridized carbons (Fsp3) is 0.571. The highest BCUT2D eigenvalue weighted by Gasteiger charge is 2.12. The van der Waals surface area contributed by atoms with Gasteiger partial charge < -0.3 is 10.4 Å². The number of hydrogen-bond acceptors (Lipinski definition) is 5. The Morgan fingerprint density at radius 3 is 2.85 bits per heavy atom. The molecular weight excluding hydrogens is 190 g/mol. The second-order valence-electron chi connectivity index (χ2n) is 2.56. The lowest BCUT2D eigenvalue weighted by Crippen LogP contribution is -2.25. The average molecular weight is 201 g/mol. The van der Waals surface area contributed by atoms with Crippen LogP contribution in [0.15, 0.2) is 0 Å². The summed E-state index contributed by atoms with van der Waals surface area (Å²) in [4.78, 5) is 10.5. The van der Waals surface area contributed by atoms with Crippen LogP contribution in [0.2, 0.25) is 0 Å². The van der Waals surface area contributed by atoms with Crippen molar-refractivity contribution in [3.63, 3.8) is 0 Å². The number of aliphatic carboxylic acids is 1. The number of aryl methyl sites for hydroxylation is 1. The lowest BCUT2D eigenvalue weighted by molar-refractivity contribution is -0.137. The zero-order valence-corrected chi connectivity index (χ0v) is 8.26. The molecule has 1 aromatic heterocycles. The highest BCUT2D eigenvalue weighted by Crippen LogP contribution is 2.15. The van der Waals surface area contributed by atoms with Crippen LogP contribution in [0.4, 0.5) is 5.13 Å². The molecule has 5 nitrogen and oxygen atoms in total. The molecule has 0 amide bonds. The second kappa shape index (κ2) is 4.18. The average Bonchev–Trinajstić information content (AvgIpc) is 2.52. The molecule has 13 heavy (non-hydrogen) atoms. The van der Waals surface area contributed by atoms with E-state index in [0.29, 0.717) is 5.13 Å². The predicted octanol–water partition coefficient (Wildman–Crippen LogP) is 0.986. The van der Waals surface area contributed by atoms with Gasteiger partial charge in [0.15, 0.2) is 0 Å². The maximum absolute atomic E-state index is 10.5. The van der Waals surface area contributed by atoms with Crippen LogP contribution in [0.3, 0.4) is 0 Å². The van der Waals surface area contributed by atoms with Gasteiger partial charge in [-0.2, -0.15) is 0 Å². The van der Waals surface area contributed by atoms with Crippen LogP contribution >= 0.6 is 11.3 Å². The van der Waals surface area contributed by atoms with Gasteiger partial charge in [-0.05, 0) is 13.3 Å². The maximum atomic E-state index is 10.5. The van der Waals surface area contributed by atoms with Gasteiger partial charge in [-0.1, -0.05) is 18.3 Å². The monoisotopic (exact) mass is 201 g/mol. The molecule has 0 aromatic carbocycles. The van der Waals surface area contributed by atoms with E-state index in [1.54, 1.807) is 6.92 Å². The highest BCUT2D eigenvalue weighted by atomic mass is 32.1. The minimum absolute atomic E-state index is 0.562. The van der Waals surface area contributed by atoms with E-state index in [2.05, 4.69) is 15.5 Å². The molecule has 1 unspecified atom stereocenters. The van der Waals surface area contributed by atoms with Crippen molar-refractivity contribution in [1.82, 2.24) is 10.2 Å². The van der Waals surface area contributed by atoms with Gasteiger partial charge in [-0.15, -0.1) is 10.2 Å². The molecule has 2 N–H and O–H groups in total. The molecule has 0 aliphatic heterocycles. The molecule has 0 radical (unpaired) electrons. The lowest BCUT2D eigenvalue weighted by atomic mass is 10.4. The van der Waals surface area contributed by atoms with E-state index in [9.17, 15) is 4.79 Å². The summed E-state index contributed by atoms with van der Waals surface area (Å²) in [6, 6.07) is -0.627. The summed E-state index contributed by atoms with van der Waals surface area (Å²) in [5.41, 5.74) is 0. The molecule has 1 atom stereocenters. The molecule has 0 aliphatic rings. The minimum atomic E-state index is -0.895. The van der Waals surface area contributed by atoms with Gasteiger partial charge in [0.25, 0.3) is 0 Å². The molecule has 0 saturated heterocycles. The third kappa shape index (κ3) is 2.66. The van der Waals surface area contributed by atoms with Crippen molar-refractivity contribution in [1.29, 1.82) is 0 Å². The topological polar surface area (TPSA) is 75.1 Å². The number of rotatable bonds is 4. The Labute approximate surface area is 79.8 Å². The Hall–Kier alpha value is -1.17. The van der Waals surface area contributed by atoms with Gasteiger partial charge in [0, 0.05) is 0 Å². The van der Waals surface area contributed by atoms with E-state index in [4.69, 9.17) is 5.11 Å². The summed E-state index contributed by atoms with van der Waals surface area (Å²) in [5, 5.41) is 20.5. The Morgan fingerprint density at radius 2 is 2.38 bits per heavy atom. The Bertz CT molecular complexity index is 300. The summed E-state index contributed by atoms with van der Waals surface area (Å²) in [6.07, 6.45) is 0.820. The van der Waals surface area contributed by atoms with E-state index < -0.39 is 12.0 Å². The predicted molar refractivity (Wildman–Crippen MR) is 50.0 cm³/mol. The Kier molecular flexibility index (Phi) is 3.18. The van der Waals surface area contributed by atoms with E-state index in [1.807, 2.05) is 6.92 Å². The quantitative estimate of drug-likeness (QED) is 0.759. The van der Waals surface area contributed by atoms with Crippen LogP contribution in [0.1, 0.15) is 18.9 Å². The highest BCUT2D eigenvalue weighted by molar-refractivity contribution is 7.15. The van der Waals surface area contributed by atoms with Crippen molar-refractivity contribution < 1.29 is 9.90 Å². The zero-order chi connectivity index (χ0) is 9.84. The first-order valence-corrected chi connectivity index (χ1v) is 4.77. The van der Waals surface area contributed by atoms with Crippen LogP contribution in [0.25, 0.3) is 0 Å². The first-order valence-electron chi connectivity index (χ1n) is 3.95. The number of carboxylic acids is 1. The largest absolute Gasteiger partial charge is 0.480 e. The molecule has 0 spiro atoms. The molecule has 0 bridgehead atoms. The fourth-order valence-corrected chi connectivity index (χ4v) is 1.47. The van der Waals surface area contributed by atoms with Crippen LogP contribution < -0.4 is 5.32 Å². The molecule has 72 valence electrons. The van der Waals surface area contributed by atoms with Gasteiger partial charge in [-0.3, -0.25) is 4.79 Å². The SMILES string of the molecule is CCc1nnc(NC(C)C(=O)O)s1. The van der Waals surface area contributed by atoms with Crippen LogP contribution in [0, 0.1) is 0 Å². The fourth-order valence-electron chi connectivity index (χ4n) is 0.702. The van der Waals surface area contributed by atoms with Crippen molar-refractivity contribution >= 4 is 22.4 Å². The first-order chi connectivity index (χ1) is 6.13. The van der Waals surface area contributed by atoms with Crippen molar-refractivity contribution in [2.24, 2.45) is 0 Å². The maximum Gasteiger partial charge on any atom is 0.325 e. The normalized spacial score (nSPS) is 12.5. The molecule has 1 aromatic rings. The van der Waals surface area contributed by atoms with Gasteiger partial charge in [-0.25, -0.2) is 0 Å². The van der Waals surface area contributed by atoms with Crippen LogP contribution in [-0.2, 0) is 11.2 Å². The van der Waals surface area contributed by atoms with E-state index in [0.717, 1.165) is 11.4 Å². The number of nitrogens with one attached hydrogen (secondary N) is 1. The Balaban J connectivity index is 2.58. The number of anilines is 1. The molecule has 1 rings (SSSR count). The zero-order valence-electron chi connectivity index (χ0n) is 7.44. The summed E-state index contributed by atoms with van der Waals surface area (Å²) in [6.45, 7) is 3.54. The molecule has 0 fully saturated rings. The second-order valence-corrected chi connectivity index (χ2v) is 3.62. The third-order valence-corrected chi connectivity index (χ3v) is 2.48. The molecule has 6 heteroatoms. The molecule has 0 saturated carbocycles. The smallest absolute Gasteiger partial charge is 0.325 e.